The van der Waals surface area contributed by atoms with E-state index in [9.17, 15) is 0 Å². The lowest BCUT2D eigenvalue weighted by Gasteiger charge is -2.35. The molecule has 1 N–H and O–H groups in total. The number of unbranched alkanes of at least 4 members (excludes halogenated alkanes) is 2. The van der Waals surface area contributed by atoms with Crippen LogP contribution in [0.4, 0.5) is 5.69 Å². The molecule has 112 valence electrons. The predicted octanol–water partition coefficient (Wildman–Crippen LogP) is 5.66. The van der Waals surface area contributed by atoms with Gasteiger partial charge in [0.25, 0.3) is 0 Å². The lowest BCUT2D eigenvalue weighted by Crippen LogP contribution is -2.34. The smallest absolute Gasteiger partial charge is 0.0342 e. The van der Waals surface area contributed by atoms with Crippen LogP contribution < -0.4 is 5.32 Å². The molecular formula is C19H31N. The molecule has 3 unspecified atom stereocenters. The van der Waals surface area contributed by atoms with Crippen LogP contribution in [0, 0.1) is 11.8 Å². The molecule has 0 saturated heterocycles. The molecule has 1 aliphatic rings. The molecule has 0 aliphatic heterocycles. The molecule has 1 fully saturated rings. The van der Waals surface area contributed by atoms with Crippen LogP contribution in [-0.4, -0.2) is 6.04 Å². The van der Waals surface area contributed by atoms with Crippen molar-refractivity contribution in [1.29, 1.82) is 0 Å². The first-order valence-electron chi connectivity index (χ1n) is 8.56. The summed E-state index contributed by atoms with van der Waals surface area (Å²) in [6.45, 7) is 7.06. The molecule has 0 bridgehead atoms. The first-order valence-corrected chi connectivity index (χ1v) is 8.56. The number of hydrogen-bond donors (Lipinski definition) is 1. The van der Waals surface area contributed by atoms with Gasteiger partial charge in [-0.3, -0.25) is 0 Å². The Morgan fingerprint density at radius 1 is 1.05 bits per heavy atom. The number of anilines is 1. The Hall–Kier alpha value is -0.980. The highest BCUT2D eigenvalue weighted by Crippen LogP contribution is 2.31. The summed E-state index contributed by atoms with van der Waals surface area (Å²) in [5.41, 5.74) is 2.78. The molecule has 0 radical (unpaired) electrons. The Balaban J connectivity index is 1.86. The van der Waals surface area contributed by atoms with Gasteiger partial charge in [0.2, 0.25) is 0 Å². The van der Waals surface area contributed by atoms with E-state index in [1.807, 2.05) is 0 Å². The zero-order chi connectivity index (χ0) is 14.4. The minimum atomic E-state index is 0.657. The van der Waals surface area contributed by atoms with Crippen LogP contribution in [-0.2, 0) is 6.42 Å². The fourth-order valence-corrected chi connectivity index (χ4v) is 3.35. The van der Waals surface area contributed by atoms with E-state index in [4.69, 9.17) is 0 Å². The van der Waals surface area contributed by atoms with Gasteiger partial charge in [-0.2, -0.15) is 0 Å². The maximum Gasteiger partial charge on any atom is 0.0342 e. The lowest BCUT2D eigenvalue weighted by molar-refractivity contribution is 0.253. The molecule has 0 spiro atoms. The Kier molecular flexibility index (Phi) is 5.94. The van der Waals surface area contributed by atoms with Crippen LogP contribution in [0.2, 0.25) is 0 Å². The molecule has 0 aromatic heterocycles. The number of benzene rings is 1. The molecule has 1 aliphatic carbocycles. The van der Waals surface area contributed by atoms with Crippen LogP contribution in [0.5, 0.6) is 0 Å². The van der Waals surface area contributed by atoms with Gasteiger partial charge in [0.05, 0.1) is 0 Å². The molecule has 2 rings (SSSR count). The van der Waals surface area contributed by atoms with Crippen LogP contribution in [0.1, 0.15) is 64.9 Å². The standard InChI is InChI=1S/C19H31N/c1-4-5-6-9-17-11-13-18(14-12-17)20-19-10-7-8-15(2)16(19)3/h11-16,19-20H,4-10H2,1-3H3. The topological polar surface area (TPSA) is 12.0 Å². The van der Waals surface area contributed by atoms with Crippen molar-refractivity contribution in [2.24, 2.45) is 11.8 Å². The second-order valence-electron chi connectivity index (χ2n) is 6.67. The fraction of sp³-hybridized carbons (Fsp3) is 0.684. The molecule has 3 atom stereocenters. The average molecular weight is 273 g/mol. The van der Waals surface area contributed by atoms with Crippen LogP contribution in [0.15, 0.2) is 24.3 Å². The monoisotopic (exact) mass is 273 g/mol. The Morgan fingerprint density at radius 3 is 2.50 bits per heavy atom. The van der Waals surface area contributed by atoms with E-state index >= 15 is 0 Å². The summed E-state index contributed by atoms with van der Waals surface area (Å²) in [6, 6.07) is 9.80. The highest BCUT2D eigenvalue weighted by atomic mass is 14.9. The highest BCUT2D eigenvalue weighted by molar-refractivity contribution is 5.45. The molecule has 0 amide bonds. The summed E-state index contributed by atoms with van der Waals surface area (Å²) in [7, 11) is 0. The number of rotatable bonds is 6. The van der Waals surface area contributed by atoms with Crippen molar-refractivity contribution in [3.05, 3.63) is 29.8 Å². The average Bonchev–Trinajstić information content (AvgIpc) is 2.46. The van der Waals surface area contributed by atoms with Gasteiger partial charge < -0.3 is 5.32 Å². The third-order valence-electron chi connectivity index (χ3n) is 5.08. The van der Waals surface area contributed by atoms with E-state index in [2.05, 4.69) is 50.4 Å². The summed E-state index contributed by atoms with van der Waals surface area (Å²) in [5.74, 6) is 1.64. The fourth-order valence-electron chi connectivity index (χ4n) is 3.35. The van der Waals surface area contributed by atoms with Crippen molar-refractivity contribution in [1.82, 2.24) is 0 Å². The first-order chi connectivity index (χ1) is 9.70. The Morgan fingerprint density at radius 2 is 1.80 bits per heavy atom. The maximum atomic E-state index is 3.76. The molecule has 1 aromatic rings. The van der Waals surface area contributed by atoms with Crippen molar-refractivity contribution in [3.63, 3.8) is 0 Å². The van der Waals surface area contributed by atoms with E-state index < -0.39 is 0 Å². The van der Waals surface area contributed by atoms with E-state index in [0.717, 1.165) is 11.8 Å². The molecule has 20 heavy (non-hydrogen) atoms. The maximum absolute atomic E-state index is 3.76. The summed E-state index contributed by atoms with van der Waals surface area (Å²) in [5, 5.41) is 3.76. The lowest BCUT2D eigenvalue weighted by atomic mass is 9.78. The van der Waals surface area contributed by atoms with Gasteiger partial charge in [0, 0.05) is 11.7 Å². The van der Waals surface area contributed by atoms with Crippen molar-refractivity contribution < 1.29 is 0 Å². The highest BCUT2D eigenvalue weighted by Gasteiger charge is 2.26. The SMILES string of the molecule is CCCCCc1ccc(NC2CCCC(C)C2C)cc1. The molecule has 1 nitrogen and oxygen atoms in total. The third kappa shape index (κ3) is 4.26. The third-order valence-corrected chi connectivity index (χ3v) is 5.08. The normalized spacial score (nSPS) is 26.4. The minimum absolute atomic E-state index is 0.657. The van der Waals surface area contributed by atoms with Crippen molar-refractivity contribution in [2.45, 2.75) is 71.8 Å². The van der Waals surface area contributed by atoms with E-state index in [0.29, 0.717) is 6.04 Å². The molecule has 1 saturated carbocycles. The molecular weight excluding hydrogens is 242 g/mol. The molecule has 0 heterocycles. The number of hydrogen-bond acceptors (Lipinski definition) is 1. The summed E-state index contributed by atoms with van der Waals surface area (Å²) < 4.78 is 0. The van der Waals surface area contributed by atoms with Gasteiger partial charge in [0.15, 0.2) is 0 Å². The first kappa shape index (κ1) is 15.4. The number of aryl methyl sites for hydroxylation is 1. The second-order valence-corrected chi connectivity index (χ2v) is 6.67. The largest absolute Gasteiger partial charge is 0.382 e. The van der Waals surface area contributed by atoms with Crippen LogP contribution in [0.3, 0.4) is 0 Å². The number of nitrogens with one attached hydrogen (secondary N) is 1. The van der Waals surface area contributed by atoms with Crippen LogP contribution in [0.25, 0.3) is 0 Å². The summed E-state index contributed by atoms with van der Waals surface area (Å²) in [4.78, 5) is 0. The van der Waals surface area contributed by atoms with Crippen molar-refractivity contribution in [3.8, 4) is 0 Å². The molecule has 1 heteroatoms. The van der Waals surface area contributed by atoms with Gasteiger partial charge in [0.1, 0.15) is 0 Å². The van der Waals surface area contributed by atoms with E-state index in [1.54, 1.807) is 0 Å². The quantitative estimate of drug-likeness (QED) is 0.660. The van der Waals surface area contributed by atoms with Gasteiger partial charge in [-0.1, -0.05) is 58.6 Å². The van der Waals surface area contributed by atoms with E-state index in [1.165, 1.54) is 56.2 Å². The Bertz CT molecular complexity index is 381. The molecule has 1 aromatic carbocycles. The van der Waals surface area contributed by atoms with E-state index in [-0.39, 0.29) is 0 Å². The van der Waals surface area contributed by atoms with Gasteiger partial charge in [-0.25, -0.2) is 0 Å². The summed E-state index contributed by atoms with van der Waals surface area (Å²) >= 11 is 0. The predicted molar refractivity (Wildman–Crippen MR) is 89.3 cm³/mol. The minimum Gasteiger partial charge on any atom is -0.382 e. The van der Waals surface area contributed by atoms with Gasteiger partial charge in [-0.15, -0.1) is 0 Å². The second kappa shape index (κ2) is 7.71. The van der Waals surface area contributed by atoms with Crippen LogP contribution >= 0.6 is 0 Å². The van der Waals surface area contributed by atoms with Gasteiger partial charge in [-0.05, 0) is 48.8 Å². The zero-order valence-electron chi connectivity index (χ0n) is 13.5. The van der Waals surface area contributed by atoms with Crippen molar-refractivity contribution in [2.75, 3.05) is 5.32 Å². The van der Waals surface area contributed by atoms with Gasteiger partial charge >= 0.3 is 0 Å². The Labute approximate surface area is 125 Å². The summed E-state index contributed by atoms with van der Waals surface area (Å²) in [6.07, 6.45) is 9.29. The zero-order valence-corrected chi connectivity index (χ0v) is 13.5. The van der Waals surface area contributed by atoms with Crippen molar-refractivity contribution >= 4 is 5.69 Å².